The van der Waals surface area contributed by atoms with Crippen LogP contribution in [0.1, 0.15) is 10.4 Å². The Labute approximate surface area is 110 Å². The van der Waals surface area contributed by atoms with Crippen molar-refractivity contribution in [2.75, 3.05) is 0 Å². The third kappa shape index (κ3) is 3.40. The van der Waals surface area contributed by atoms with Crippen LogP contribution < -0.4 is 4.74 Å². The van der Waals surface area contributed by atoms with Gasteiger partial charge < -0.3 is 4.74 Å². The molecule has 0 saturated heterocycles. The normalized spacial score (nSPS) is 11.0. The Morgan fingerprint density at radius 3 is 2.05 bits per heavy atom. The van der Waals surface area contributed by atoms with Gasteiger partial charge in [0.1, 0.15) is 5.75 Å². The molecule has 2 aromatic rings. The van der Waals surface area contributed by atoms with Gasteiger partial charge in [0, 0.05) is 0 Å². The van der Waals surface area contributed by atoms with Crippen molar-refractivity contribution in [3.63, 3.8) is 0 Å². The fraction of sp³-hybridized carbons (Fsp3) is 0. The van der Waals surface area contributed by atoms with Crippen molar-refractivity contribution in [1.29, 1.82) is 0 Å². The van der Waals surface area contributed by atoms with E-state index in [2.05, 4.69) is 0 Å². The highest BCUT2D eigenvalue weighted by Gasteiger charge is 2.12. The molecule has 2 aromatic carbocycles. The highest BCUT2D eigenvalue weighted by molar-refractivity contribution is 7.85. The zero-order valence-corrected chi connectivity index (χ0v) is 10.5. The van der Waals surface area contributed by atoms with Gasteiger partial charge in [0.2, 0.25) is 0 Å². The first-order chi connectivity index (χ1) is 8.97. The second-order valence-corrected chi connectivity index (χ2v) is 5.12. The number of esters is 1. The number of ether oxygens (including phenoxy) is 1. The number of hydrogen-bond donors (Lipinski definition) is 1. The lowest BCUT2D eigenvalue weighted by Crippen LogP contribution is -2.08. The summed E-state index contributed by atoms with van der Waals surface area (Å²) in [6.07, 6.45) is 0. The largest absolute Gasteiger partial charge is 0.423 e. The van der Waals surface area contributed by atoms with E-state index < -0.39 is 16.1 Å². The fourth-order valence-electron chi connectivity index (χ4n) is 1.42. The highest BCUT2D eigenvalue weighted by Crippen LogP contribution is 2.14. The lowest BCUT2D eigenvalue weighted by Gasteiger charge is -2.04. The van der Waals surface area contributed by atoms with E-state index in [1.165, 1.54) is 12.1 Å². The van der Waals surface area contributed by atoms with E-state index in [1.54, 1.807) is 30.3 Å². The second kappa shape index (κ2) is 5.21. The topological polar surface area (TPSA) is 80.7 Å². The number of para-hydroxylation sites is 1. The smallest absolute Gasteiger partial charge is 0.343 e. The van der Waals surface area contributed by atoms with Gasteiger partial charge in [-0.2, -0.15) is 8.42 Å². The van der Waals surface area contributed by atoms with Crippen LogP contribution in [0, 0.1) is 0 Å². The van der Waals surface area contributed by atoms with E-state index in [9.17, 15) is 13.2 Å². The molecule has 0 aromatic heterocycles. The summed E-state index contributed by atoms with van der Waals surface area (Å²) < 4.78 is 35.6. The molecule has 2 rings (SSSR count). The minimum atomic E-state index is -4.26. The predicted octanol–water partition coefficient (Wildman–Crippen LogP) is 2.15. The molecule has 0 heterocycles. The molecule has 0 fully saturated rings. The minimum Gasteiger partial charge on any atom is -0.423 e. The molecule has 19 heavy (non-hydrogen) atoms. The summed E-state index contributed by atoms with van der Waals surface area (Å²) in [6.45, 7) is 0. The number of rotatable bonds is 3. The van der Waals surface area contributed by atoms with Gasteiger partial charge in [-0.3, -0.25) is 4.55 Å². The van der Waals surface area contributed by atoms with Crippen molar-refractivity contribution in [2.45, 2.75) is 4.90 Å². The Kier molecular flexibility index (Phi) is 3.64. The molecule has 0 bridgehead atoms. The standard InChI is InChI=1S/C13H10O5S/c14-13(18-11-4-2-1-3-5-11)10-6-8-12(9-7-10)19(15,16)17/h1-9H,(H,15,16,17). The van der Waals surface area contributed by atoms with Crippen molar-refractivity contribution in [3.05, 3.63) is 60.2 Å². The molecule has 0 atom stereocenters. The van der Waals surface area contributed by atoms with Crippen molar-refractivity contribution >= 4 is 16.1 Å². The van der Waals surface area contributed by atoms with E-state index >= 15 is 0 Å². The van der Waals surface area contributed by atoms with Gasteiger partial charge >= 0.3 is 5.97 Å². The average Bonchev–Trinajstić information content (AvgIpc) is 2.39. The number of benzene rings is 2. The summed E-state index contributed by atoms with van der Waals surface area (Å²) in [5, 5.41) is 0. The molecule has 0 aliphatic carbocycles. The predicted molar refractivity (Wildman–Crippen MR) is 67.7 cm³/mol. The van der Waals surface area contributed by atoms with E-state index in [-0.39, 0.29) is 10.5 Å². The Bertz CT molecular complexity index is 675. The molecular formula is C13H10O5S. The molecule has 0 spiro atoms. The Hall–Kier alpha value is -2.18. The first-order valence-corrected chi connectivity index (χ1v) is 6.75. The van der Waals surface area contributed by atoms with Crippen LogP contribution in [0.25, 0.3) is 0 Å². The number of hydrogen-bond acceptors (Lipinski definition) is 4. The van der Waals surface area contributed by atoms with E-state index in [4.69, 9.17) is 9.29 Å². The highest BCUT2D eigenvalue weighted by atomic mass is 32.2. The molecular weight excluding hydrogens is 268 g/mol. The zero-order chi connectivity index (χ0) is 13.9. The van der Waals surface area contributed by atoms with Crippen LogP contribution in [0.3, 0.4) is 0 Å². The van der Waals surface area contributed by atoms with Crippen LogP contribution in [-0.2, 0) is 10.1 Å². The number of carbonyl (C=O) groups is 1. The van der Waals surface area contributed by atoms with Crippen LogP contribution in [0.15, 0.2) is 59.5 Å². The zero-order valence-electron chi connectivity index (χ0n) is 9.68. The molecule has 0 aliphatic rings. The number of carbonyl (C=O) groups excluding carboxylic acids is 1. The average molecular weight is 278 g/mol. The maximum atomic E-state index is 11.7. The van der Waals surface area contributed by atoms with Gasteiger partial charge in [0.25, 0.3) is 10.1 Å². The Balaban J connectivity index is 2.17. The third-order valence-electron chi connectivity index (χ3n) is 2.34. The van der Waals surface area contributed by atoms with Crippen LogP contribution >= 0.6 is 0 Å². The first kappa shape index (κ1) is 13.3. The monoisotopic (exact) mass is 278 g/mol. The maximum Gasteiger partial charge on any atom is 0.343 e. The summed E-state index contributed by atoms with van der Waals surface area (Å²) in [6, 6.07) is 13.3. The van der Waals surface area contributed by atoms with Crippen LogP contribution in [-0.4, -0.2) is 18.9 Å². The maximum absolute atomic E-state index is 11.7. The van der Waals surface area contributed by atoms with Crippen LogP contribution in [0.2, 0.25) is 0 Å². The quantitative estimate of drug-likeness (QED) is 0.528. The van der Waals surface area contributed by atoms with Gasteiger partial charge in [-0.15, -0.1) is 0 Å². The Morgan fingerprint density at radius 1 is 0.947 bits per heavy atom. The van der Waals surface area contributed by atoms with Gasteiger partial charge in [0.05, 0.1) is 10.5 Å². The van der Waals surface area contributed by atoms with Gasteiger partial charge in [-0.05, 0) is 36.4 Å². The molecule has 0 unspecified atom stereocenters. The van der Waals surface area contributed by atoms with Gasteiger partial charge in [-0.1, -0.05) is 18.2 Å². The third-order valence-corrected chi connectivity index (χ3v) is 3.21. The fourth-order valence-corrected chi connectivity index (χ4v) is 1.90. The molecule has 0 saturated carbocycles. The van der Waals surface area contributed by atoms with Crippen LogP contribution in [0.5, 0.6) is 5.75 Å². The van der Waals surface area contributed by atoms with Crippen molar-refractivity contribution in [1.82, 2.24) is 0 Å². The van der Waals surface area contributed by atoms with Crippen molar-refractivity contribution < 1.29 is 22.5 Å². The SMILES string of the molecule is O=C(Oc1ccccc1)c1ccc(S(=O)(=O)O)cc1. The Morgan fingerprint density at radius 2 is 1.53 bits per heavy atom. The molecule has 1 N–H and O–H groups in total. The summed E-state index contributed by atoms with van der Waals surface area (Å²) in [5.74, 6) is -0.209. The minimum absolute atomic E-state index is 0.191. The lowest BCUT2D eigenvalue weighted by atomic mass is 10.2. The summed E-state index contributed by atoms with van der Waals surface area (Å²) in [4.78, 5) is 11.5. The van der Waals surface area contributed by atoms with Crippen LogP contribution in [0.4, 0.5) is 0 Å². The van der Waals surface area contributed by atoms with Gasteiger partial charge in [-0.25, -0.2) is 4.79 Å². The summed E-state index contributed by atoms with van der Waals surface area (Å²) in [5.41, 5.74) is 0.191. The second-order valence-electron chi connectivity index (χ2n) is 3.70. The van der Waals surface area contributed by atoms with E-state index in [0.29, 0.717) is 5.75 Å². The summed E-state index contributed by atoms with van der Waals surface area (Å²) in [7, 11) is -4.26. The molecule has 0 radical (unpaired) electrons. The molecule has 0 amide bonds. The first-order valence-electron chi connectivity index (χ1n) is 5.31. The molecule has 6 heteroatoms. The molecule has 0 aliphatic heterocycles. The van der Waals surface area contributed by atoms with E-state index in [1.807, 2.05) is 0 Å². The molecule has 5 nitrogen and oxygen atoms in total. The summed E-state index contributed by atoms with van der Waals surface area (Å²) >= 11 is 0. The van der Waals surface area contributed by atoms with Gasteiger partial charge in [0.15, 0.2) is 0 Å². The molecule has 98 valence electrons. The van der Waals surface area contributed by atoms with Crippen molar-refractivity contribution in [2.24, 2.45) is 0 Å². The van der Waals surface area contributed by atoms with Crippen molar-refractivity contribution in [3.8, 4) is 5.75 Å². The van der Waals surface area contributed by atoms with E-state index in [0.717, 1.165) is 12.1 Å². The lowest BCUT2D eigenvalue weighted by molar-refractivity contribution is 0.0734.